The summed E-state index contributed by atoms with van der Waals surface area (Å²) in [5.41, 5.74) is 5.99. The third-order valence-electron chi connectivity index (χ3n) is 2.66. The van der Waals surface area contributed by atoms with Crippen LogP contribution in [0.4, 0.5) is 4.39 Å². The van der Waals surface area contributed by atoms with Crippen LogP contribution < -0.4 is 11.1 Å². The highest BCUT2D eigenvalue weighted by molar-refractivity contribution is 9.10. The summed E-state index contributed by atoms with van der Waals surface area (Å²) >= 11 is 3.29. The van der Waals surface area contributed by atoms with Gasteiger partial charge in [0, 0.05) is 11.0 Å². The molecule has 0 aliphatic rings. The van der Waals surface area contributed by atoms with Crippen molar-refractivity contribution >= 4 is 21.8 Å². The fourth-order valence-corrected chi connectivity index (χ4v) is 2.20. The topological polar surface area (TPSA) is 55.1 Å². The Morgan fingerprint density at radius 2 is 2.11 bits per heavy atom. The zero-order valence-corrected chi connectivity index (χ0v) is 12.3. The lowest BCUT2D eigenvalue weighted by molar-refractivity contribution is -0.122. The van der Waals surface area contributed by atoms with Crippen molar-refractivity contribution in [3.63, 3.8) is 0 Å². The molecule has 0 aromatic heterocycles. The summed E-state index contributed by atoms with van der Waals surface area (Å²) < 4.78 is 13.6. The zero-order valence-electron chi connectivity index (χ0n) is 10.8. The lowest BCUT2D eigenvalue weighted by atomic mass is 9.86. The SMILES string of the molecule is CC(C)(C)C(NCc1ccc(F)cc1Br)C(N)=O. The largest absolute Gasteiger partial charge is 0.368 e. The van der Waals surface area contributed by atoms with Crippen molar-refractivity contribution in [2.45, 2.75) is 33.4 Å². The molecule has 0 fully saturated rings. The van der Waals surface area contributed by atoms with Gasteiger partial charge in [-0.1, -0.05) is 42.8 Å². The molecule has 3 nitrogen and oxygen atoms in total. The van der Waals surface area contributed by atoms with E-state index in [4.69, 9.17) is 5.73 Å². The maximum absolute atomic E-state index is 12.9. The normalized spacial score (nSPS) is 13.4. The Bertz CT molecular complexity index is 443. The quantitative estimate of drug-likeness (QED) is 0.897. The number of amides is 1. The summed E-state index contributed by atoms with van der Waals surface area (Å²) in [6, 6.07) is 4.02. The maximum atomic E-state index is 12.9. The van der Waals surface area contributed by atoms with E-state index < -0.39 is 6.04 Å². The summed E-state index contributed by atoms with van der Waals surface area (Å²) in [5.74, 6) is -0.686. The van der Waals surface area contributed by atoms with Gasteiger partial charge in [0.15, 0.2) is 0 Å². The Hall–Kier alpha value is -0.940. The van der Waals surface area contributed by atoms with Gasteiger partial charge in [-0.25, -0.2) is 4.39 Å². The minimum atomic E-state index is -0.436. The summed E-state index contributed by atoms with van der Waals surface area (Å²) in [5, 5.41) is 3.11. The summed E-state index contributed by atoms with van der Waals surface area (Å²) in [7, 11) is 0. The first-order valence-electron chi connectivity index (χ1n) is 5.68. The van der Waals surface area contributed by atoms with Crippen molar-refractivity contribution in [2.24, 2.45) is 11.1 Å². The van der Waals surface area contributed by atoms with Crippen LogP contribution in [0, 0.1) is 11.2 Å². The van der Waals surface area contributed by atoms with Crippen molar-refractivity contribution in [2.75, 3.05) is 0 Å². The number of primary amides is 1. The molecule has 18 heavy (non-hydrogen) atoms. The van der Waals surface area contributed by atoms with Gasteiger partial charge >= 0.3 is 0 Å². The minimum Gasteiger partial charge on any atom is -0.368 e. The molecule has 100 valence electrons. The summed E-state index contributed by atoms with van der Waals surface area (Å²) in [4.78, 5) is 11.4. The second kappa shape index (κ2) is 5.80. The number of carbonyl (C=O) groups excluding carboxylic acids is 1. The van der Waals surface area contributed by atoms with Gasteiger partial charge in [0.1, 0.15) is 5.82 Å². The van der Waals surface area contributed by atoms with Gasteiger partial charge in [0.25, 0.3) is 0 Å². The van der Waals surface area contributed by atoms with Crippen LogP contribution in [-0.4, -0.2) is 11.9 Å². The Morgan fingerprint density at radius 1 is 1.50 bits per heavy atom. The Labute approximate surface area is 115 Å². The molecular formula is C13H18BrFN2O. The molecule has 1 unspecified atom stereocenters. The number of nitrogens with one attached hydrogen (secondary N) is 1. The van der Waals surface area contributed by atoms with Crippen LogP contribution in [0.3, 0.4) is 0 Å². The van der Waals surface area contributed by atoms with Gasteiger partial charge in [0.2, 0.25) is 5.91 Å². The van der Waals surface area contributed by atoms with Crippen LogP contribution in [0.1, 0.15) is 26.3 Å². The van der Waals surface area contributed by atoms with E-state index in [2.05, 4.69) is 21.2 Å². The monoisotopic (exact) mass is 316 g/mol. The van der Waals surface area contributed by atoms with E-state index in [1.807, 2.05) is 20.8 Å². The molecule has 1 aromatic rings. The highest BCUT2D eigenvalue weighted by Gasteiger charge is 2.29. The molecule has 0 aliphatic carbocycles. The van der Waals surface area contributed by atoms with Crippen LogP contribution in [-0.2, 0) is 11.3 Å². The Morgan fingerprint density at radius 3 is 2.56 bits per heavy atom. The highest BCUT2D eigenvalue weighted by Crippen LogP contribution is 2.21. The second-order valence-electron chi connectivity index (χ2n) is 5.32. The standard InChI is InChI=1S/C13H18BrFN2O/c1-13(2,3)11(12(16)18)17-7-8-4-5-9(15)6-10(8)14/h4-6,11,17H,7H2,1-3H3,(H2,16,18). The van der Waals surface area contributed by atoms with Crippen LogP contribution in [0.5, 0.6) is 0 Å². The average molecular weight is 317 g/mol. The molecule has 0 saturated carbocycles. The van der Waals surface area contributed by atoms with Gasteiger partial charge in [-0.05, 0) is 23.1 Å². The number of hydrogen-bond acceptors (Lipinski definition) is 2. The summed E-state index contributed by atoms with van der Waals surface area (Å²) in [6.07, 6.45) is 0. The van der Waals surface area contributed by atoms with Gasteiger partial charge in [0.05, 0.1) is 6.04 Å². The van der Waals surface area contributed by atoms with E-state index in [9.17, 15) is 9.18 Å². The smallest absolute Gasteiger partial charge is 0.235 e. The number of rotatable bonds is 4. The Kier molecular flexibility index (Phi) is 4.87. The fourth-order valence-electron chi connectivity index (χ4n) is 1.71. The molecule has 0 radical (unpaired) electrons. The van der Waals surface area contributed by atoms with E-state index in [0.717, 1.165) is 5.56 Å². The van der Waals surface area contributed by atoms with Crippen LogP contribution in [0.25, 0.3) is 0 Å². The van der Waals surface area contributed by atoms with Crippen molar-refractivity contribution in [1.29, 1.82) is 0 Å². The van der Waals surface area contributed by atoms with Gasteiger partial charge in [-0.15, -0.1) is 0 Å². The molecule has 1 atom stereocenters. The van der Waals surface area contributed by atoms with Gasteiger partial charge in [-0.3, -0.25) is 4.79 Å². The zero-order chi connectivity index (χ0) is 13.9. The number of benzene rings is 1. The Balaban J connectivity index is 2.77. The second-order valence-corrected chi connectivity index (χ2v) is 6.17. The van der Waals surface area contributed by atoms with E-state index >= 15 is 0 Å². The molecule has 1 rings (SSSR count). The molecule has 3 N–H and O–H groups in total. The van der Waals surface area contributed by atoms with Crippen molar-refractivity contribution in [3.05, 3.63) is 34.1 Å². The molecular weight excluding hydrogens is 299 g/mol. The van der Waals surface area contributed by atoms with Gasteiger partial charge in [-0.2, -0.15) is 0 Å². The molecule has 0 heterocycles. The van der Waals surface area contributed by atoms with E-state index in [1.165, 1.54) is 12.1 Å². The average Bonchev–Trinajstić information content (AvgIpc) is 2.18. The molecule has 5 heteroatoms. The first kappa shape index (κ1) is 15.1. The first-order chi connectivity index (χ1) is 8.21. The van der Waals surface area contributed by atoms with Gasteiger partial charge < -0.3 is 11.1 Å². The van der Waals surface area contributed by atoms with Crippen molar-refractivity contribution in [1.82, 2.24) is 5.32 Å². The molecule has 1 aromatic carbocycles. The minimum absolute atomic E-state index is 0.266. The van der Waals surface area contributed by atoms with Crippen molar-refractivity contribution < 1.29 is 9.18 Å². The van der Waals surface area contributed by atoms with Crippen LogP contribution >= 0.6 is 15.9 Å². The van der Waals surface area contributed by atoms with E-state index in [0.29, 0.717) is 11.0 Å². The third-order valence-corrected chi connectivity index (χ3v) is 3.40. The number of nitrogens with two attached hydrogens (primary N) is 1. The lowest BCUT2D eigenvalue weighted by Crippen LogP contribution is -2.49. The van der Waals surface area contributed by atoms with E-state index in [1.54, 1.807) is 6.07 Å². The molecule has 0 bridgehead atoms. The maximum Gasteiger partial charge on any atom is 0.235 e. The lowest BCUT2D eigenvalue weighted by Gasteiger charge is -2.29. The van der Waals surface area contributed by atoms with Crippen LogP contribution in [0.15, 0.2) is 22.7 Å². The predicted molar refractivity (Wildman–Crippen MR) is 73.4 cm³/mol. The number of halogens is 2. The van der Waals surface area contributed by atoms with Crippen LogP contribution in [0.2, 0.25) is 0 Å². The first-order valence-corrected chi connectivity index (χ1v) is 6.47. The van der Waals surface area contributed by atoms with E-state index in [-0.39, 0.29) is 17.1 Å². The number of carbonyl (C=O) groups is 1. The fraction of sp³-hybridized carbons (Fsp3) is 0.462. The third kappa shape index (κ3) is 4.07. The molecule has 0 spiro atoms. The molecule has 1 amide bonds. The summed E-state index contributed by atoms with van der Waals surface area (Å²) in [6.45, 7) is 6.27. The molecule has 0 aliphatic heterocycles. The van der Waals surface area contributed by atoms with Crippen molar-refractivity contribution in [3.8, 4) is 0 Å². The predicted octanol–water partition coefficient (Wildman–Crippen LogP) is 2.58. The number of hydrogen-bond donors (Lipinski definition) is 2. The highest BCUT2D eigenvalue weighted by atomic mass is 79.9. The molecule has 0 saturated heterocycles.